The Kier molecular flexibility index (Phi) is 2.72. The van der Waals surface area contributed by atoms with Gasteiger partial charge in [-0.05, 0) is 43.0 Å². The molecule has 0 saturated carbocycles. The van der Waals surface area contributed by atoms with Gasteiger partial charge in [0.1, 0.15) is 10.7 Å². The van der Waals surface area contributed by atoms with Crippen LogP contribution in [0.4, 0.5) is 0 Å². The highest BCUT2D eigenvalue weighted by Gasteiger charge is 2.24. The number of fused-ring (bicyclic) bond motifs is 5. The van der Waals surface area contributed by atoms with Crippen molar-refractivity contribution in [1.82, 2.24) is 19.6 Å². The quantitative estimate of drug-likeness (QED) is 0.697. The summed E-state index contributed by atoms with van der Waals surface area (Å²) >= 11 is 7.20. The third kappa shape index (κ3) is 1.61. The lowest BCUT2D eigenvalue weighted by Gasteiger charge is -2.17. The van der Waals surface area contributed by atoms with Crippen LogP contribution in [0.25, 0.3) is 15.9 Å². The van der Waals surface area contributed by atoms with Gasteiger partial charge in [0.15, 0.2) is 5.65 Å². The van der Waals surface area contributed by atoms with Crippen LogP contribution in [-0.2, 0) is 19.3 Å². The van der Waals surface area contributed by atoms with E-state index in [0.717, 1.165) is 35.1 Å². The number of hydrogen-bond donors (Lipinski definition) is 1. The van der Waals surface area contributed by atoms with E-state index in [2.05, 4.69) is 24.0 Å². The highest BCUT2D eigenvalue weighted by molar-refractivity contribution is 7.71. The Morgan fingerprint density at radius 3 is 3.15 bits per heavy atom. The molecule has 3 aromatic rings. The molecule has 6 heteroatoms. The molecule has 0 radical (unpaired) electrons. The van der Waals surface area contributed by atoms with Crippen LogP contribution in [0.15, 0.2) is 0 Å². The van der Waals surface area contributed by atoms with Gasteiger partial charge in [-0.3, -0.25) is 9.50 Å². The van der Waals surface area contributed by atoms with Crippen molar-refractivity contribution < 1.29 is 0 Å². The molecule has 3 aromatic heterocycles. The van der Waals surface area contributed by atoms with Crippen molar-refractivity contribution in [2.45, 2.75) is 39.5 Å². The molecule has 0 saturated heterocycles. The zero-order valence-electron chi connectivity index (χ0n) is 11.6. The summed E-state index contributed by atoms with van der Waals surface area (Å²) in [5.74, 6) is 1.77. The lowest BCUT2D eigenvalue weighted by molar-refractivity contribution is 0.509. The average Bonchev–Trinajstić information content (AvgIpc) is 2.98. The van der Waals surface area contributed by atoms with Gasteiger partial charge in [-0.2, -0.15) is 5.10 Å². The Hall–Kier alpha value is -1.27. The molecule has 3 heterocycles. The van der Waals surface area contributed by atoms with Crippen molar-refractivity contribution in [3.63, 3.8) is 0 Å². The maximum absolute atomic E-state index is 5.36. The standard InChI is InChI=1S/C14H16N4S2/c1-3-10-15-13-11(12-16-17-14(19)18(10)12)8-5-4-7(2)6-9(8)20-13/h7H,3-6H2,1-2H3,(H,17,19)/t7-/m0/s1. The van der Waals surface area contributed by atoms with E-state index in [1.54, 1.807) is 0 Å². The van der Waals surface area contributed by atoms with Crippen LogP contribution in [0.1, 0.15) is 36.5 Å². The van der Waals surface area contributed by atoms with Crippen molar-refractivity contribution in [3.05, 3.63) is 21.0 Å². The minimum atomic E-state index is 0.648. The predicted octanol–water partition coefficient (Wildman–Crippen LogP) is 3.69. The van der Waals surface area contributed by atoms with Crippen LogP contribution >= 0.6 is 23.6 Å². The Bertz CT molecular complexity index is 871. The van der Waals surface area contributed by atoms with E-state index in [4.69, 9.17) is 17.2 Å². The fourth-order valence-electron chi connectivity index (χ4n) is 3.15. The summed E-state index contributed by atoms with van der Waals surface area (Å²) < 4.78 is 2.65. The molecule has 4 nitrogen and oxygen atoms in total. The third-order valence-electron chi connectivity index (χ3n) is 4.19. The van der Waals surface area contributed by atoms with Gasteiger partial charge in [-0.25, -0.2) is 4.98 Å². The zero-order valence-corrected chi connectivity index (χ0v) is 13.2. The van der Waals surface area contributed by atoms with Gasteiger partial charge in [0.2, 0.25) is 4.77 Å². The summed E-state index contributed by atoms with van der Waals surface area (Å²) in [6.45, 7) is 4.44. The van der Waals surface area contributed by atoms with Crippen molar-refractivity contribution in [2.75, 3.05) is 0 Å². The molecule has 1 N–H and O–H groups in total. The Morgan fingerprint density at radius 1 is 1.50 bits per heavy atom. The number of aromatic nitrogens is 4. The Morgan fingerprint density at radius 2 is 2.35 bits per heavy atom. The summed E-state index contributed by atoms with van der Waals surface area (Å²) in [5, 5.41) is 8.62. The Balaban J connectivity index is 2.15. The topological polar surface area (TPSA) is 46.0 Å². The second-order valence-electron chi connectivity index (χ2n) is 5.60. The first-order valence-corrected chi connectivity index (χ1v) is 8.31. The van der Waals surface area contributed by atoms with Crippen LogP contribution in [-0.4, -0.2) is 19.6 Å². The lowest BCUT2D eigenvalue weighted by atomic mass is 9.89. The zero-order chi connectivity index (χ0) is 13.9. The van der Waals surface area contributed by atoms with Gasteiger partial charge >= 0.3 is 0 Å². The maximum Gasteiger partial charge on any atom is 0.201 e. The van der Waals surface area contributed by atoms with Crippen LogP contribution in [0, 0.1) is 10.7 Å². The average molecular weight is 304 g/mol. The van der Waals surface area contributed by atoms with E-state index in [-0.39, 0.29) is 0 Å². The molecule has 0 amide bonds. The fraction of sp³-hybridized carbons (Fsp3) is 0.500. The molecule has 104 valence electrons. The maximum atomic E-state index is 5.36. The van der Waals surface area contributed by atoms with Gasteiger partial charge in [-0.15, -0.1) is 11.3 Å². The molecule has 0 aliphatic heterocycles. The number of aryl methyl sites for hydroxylation is 2. The SMILES string of the molecule is CCc1nc2sc3c(c2c2n[nH]c(=S)n12)CC[C@H](C)C3. The molecular formula is C14H16N4S2. The van der Waals surface area contributed by atoms with E-state index in [1.807, 2.05) is 15.7 Å². The van der Waals surface area contributed by atoms with Crippen LogP contribution in [0.5, 0.6) is 0 Å². The predicted molar refractivity (Wildman–Crippen MR) is 84.1 cm³/mol. The minimum absolute atomic E-state index is 0.648. The second-order valence-corrected chi connectivity index (χ2v) is 7.07. The molecule has 1 atom stereocenters. The van der Waals surface area contributed by atoms with Crippen LogP contribution in [0.2, 0.25) is 0 Å². The number of rotatable bonds is 1. The van der Waals surface area contributed by atoms with E-state index in [0.29, 0.717) is 4.77 Å². The molecule has 20 heavy (non-hydrogen) atoms. The summed E-state index contributed by atoms with van der Waals surface area (Å²) in [4.78, 5) is 7.46. The highest BCUT2D eigenvalue weighted by atomic mass is 32.1. The first-order valence-electron chi connectivity index (χ1n) is 7.09. The van der Waals surface area contributed by atoms with Gasteiger partial charge in [0, 0.05) is 11.3 Å². The molecule has 0 fully saturated rings. The summed E-state index contributed by atoms with van der Waals surface area (Å²) in [6.07, 6.45) is 4.43. The minimum Gasteiger partial charge on any atom is -0.255 e. The first-order chi connectivity index (χ1) is 9.69. The van der Waals surface area contributed by atoms with Gasteiger partial charge in [0.25, 0.3) is 0 Å². The molecule has 0 spiro atoms. The number of thiophene rings is 1. The fourth-order valence-corrected chi connectivity index (χ4v) is 4.79. The number of nitrogens with zero attached hydrogens (tertiary/aromatic N) is 3. The van der Waals surface area contributed by atoms with Crippen molar-refractivity contribution >= 4 is 39.4 Å². The van der Waals surface area contributed by atoms with Crippen molar-refractivity contribution in [3.8, 4) is 0 Å². The molecular weight excluding hydrogens is 288 g/mol. The van der Waals surface area contributed by atoms with E-state index in [9.17, 15) is 0 Å². The largest absolute Gasteiger partial charge is 0.255 e. The van der Waals surface area contributed by atoms with Gasteiger partial charge < -0.3 is 0 Å². The Labute approximate surface area is 125 Å². The normalized spacial score (nSPS) is 18.8. The molecule has 0 aromatic carbocycles. The molecule has 0 unspecified atom stereocenters. The second kappa shape index (κ2) is 4.36. The third-order valence-corrected chi connectivity index (χ3v) is 5.62. The van der Waals surface area contributed by atoms with Gasteiger partial charge in [0.05, 0.1) is 5.39 Å². The summed E-state index contributed by atoms with van der Waals surface area (Å²) in [5.41, 5.74) is 2.42. The van der Waals surface area contributed by atoms with E-state index in [1.165, 1.54) is 28.7 Å². The highest BCUT2D eigenvalue weighted by Crippen LogP contribution is 2.38. The van der Waals surface area contributed by atoms with Crippen LogP contribution < -0.4 is 0 Å². The molecule has 1 aliphatic carbocycles. The molecule has 4 rings (SSSR count). The van der Waals surface area contributed by atoms with Crippen molar-refractivity contribution in [2.24, 2.45) is 5.92 Å². The van der Waals surface area contributed by atoms with E-state index >= 15 is 0 Å². The number of nitrogens with one attached hydrogen (secondary N) is 1. The van der Waals surface area contributed by atoms with E-state index < -0.39 is 0 Å². The monoisotopic (exact) mass is 304 g/mol. The molecule has 1 aliphatic rings. The summed E-state index contributed by atoms with van der Waals surface area (Å²) in [6, 6.07) is 0. The smallest absolute Gasteiger partial charge is 0.201 e. The summed E-state index contributed by atoms with van der Waals surface area (Å²) in [7, 11) is 0. The first kappa shape index (κ1) is 12.5. The van der Waals surface area contributed by atoms with Crippen molar-refractivity contribution in [1.29, 1.82) is 0 Å². The number of aromatic amines is 1. The number of H-pyrrole nitrogens is 1. The lowest BCUT2D eigenvalue weighted by Crippen LogP contribution is -2.09. The van der Waals surface area contributed by atoms with Crippen LogP contribution in [0.3, 0.4) is 0 Å². The number of hydrogen-bond acceptors (Lipinski definition) is 4. The van der Waals surface area contributed by atoms with Gasteiger partial charge in [-0.1, -0.05) is 13.8 Å². The molecule has 0 bridgehead atoms.